The first-order valence-corrected chi connectivity index (χ1v) is 13.9. The number of amides is 1. The number of anilines is 1. The Balaban J connectivity index is 1.27. The molecule has 1 fully saturated rings. The SMILES string of the molecule is O=C(c1csc(CN(Cc2ccc(F)cc2)Cc2cccc(C(F)(F)F)c2)n1)N1CCN(c2ccccc2F)CC1. The van der Waals surface area contributed by atoms with Crippen LogP contribution >= 0.6 is 11.3 Å². The quantitative estimate of drug-likeness (QED) is 0.218. The van der Waals surface area contributed by atoms with Crippen LogP contribution in [0.25, 0.3) is 0 Å². The van der Waals surface area contributed by atoms with Gasteiger partial charge >= 0.3 is 6.18 Å². The van der Waals surface area contributed by atoms with Crippen molar-refractivity contribution in [3.63, 3.8) is 0 Å². The van der Waals surface area contributed by atoms with Crippen molar-refractivity contribution in [2.75, 3.05) is 31.1 Å². The summed E-state index contributed by atoms with van der Waals surface area (Å²) >= 11 is 1.30. The number of halogens is 5. The van der Waals surface area contributed by atoms with Gasteiger partial charge in [0.1, 0.15) is 22.3 Å². The van der Waals surface area contributed by atoms with E-state index in [1.807, 2.05) is 9.80 Å². The number of para-hydroxylation sites is 1. The zero-order valence-corrected chi connectivity index (χ0v) is 22.8. The third kappa shape index (κ3) is 7.28. The van der Waals surface area contributed by atoms with Crippen molar-refractivity contribution in [3.8, 4) is 0 Å². The Hall–Kier alpha value is -3.83. The zero-order valence-electron chi connectivity index (χ0n) is 22.0. The van der Waals surface area contributed by atoms with Crippen molar-refractivity contribution in [3.05, 3.63) is 117 Å². The Morgan fingerprint density at radius 2 is 1.56 bits per heavy atom. The van der Waals surface area contributed by atoms with E-state index < -0.39 is 11.7 Å². The Labute approximate surface area is 238 Å². The summed E-state index contributed by atoms with van der Waals surface area (Å²) in [5, 5.41) is 2.31. The van der Waals surface area contributed by atoms with Gasteiger partial charge in [0.25, 0.3) is 5.91 Å². The lowest BCUT2D eigenvalue weighted by atomic mass is 10.1. The van der Waals surface area contributed by atoms with Crippen LogP contribution in [0.1, 0.15) is 32.2 Å². The van der Waals surface area contributed by atoms with E-state index in [9.17, 15) is 26.7 Å². The number of piperazine rings is 1. The lowest BCUT2D eigenvalue weighted by Crippen LogP contribution is -2.49. The molecule has 0 atom stereocenters. The van der Waals surface area contributed by atoms with Gasteiger partial charge in [-0.15, -0.1) is 11.3 Å². The molecule has 1 aliphatic rings. The van der Waals surface area contributed by atoms with Gasteiger partial charge in [-0.3, -0.25) is 9.69 Å². The van der Waals surface area contributed by atoms with Gasteiger partial charge < -0.3 is 9.80 Å². The number of benzene rings is 3. The average molecular weight is 587 g/mol. The fourth-order valence-corrected chi connectivity index (χ4v) is 5.62. The maximum atomic E-state index is 14.2. The number of rotatable bonds is 8. The fourth-order valence-electron chi connectivity index (χ4n) is 4.81. The minimum absolute atomic E-state index is 0.197. The lowest BCUT2D eigenvalue weighted by Gasteiger charge is -2.35. The number of alkyl halides is 3. The van der Waals surface area contributed by atoms with Gasteiger partial charge in [-0.1, -0.05) is 42.5 Å². The summed E-state index contributed by atoms with van der Waals surface area (Å²) in [4.78, 5) is 23.2. The van der Waals surface area contributed by atoms with Crippen molar-refractivity contribution >= 4 is 22.9 Å². The third-order valence-electron chi connectivity index (χ3n) is 6.87. The van der Waals surface area contributed by atoms with E-state index in [2.05, 4.69) is 4.98 Å². The molecule has 214 valence electrons. The number of nitrogens with zero attached hydrogens (tertiary/aromatic N) is 4. The minimum Gasteiger partial charge on any atom is -0.366 e. The van der Waals surface area contributed by atoms with E-state index in [0.717, 1.165) is 17.7 Å². The van der Waals surface area contributed by atoms with Crippen molar-refractivity contribution < 1.29 is 26.7 Å². The standard InChI is InChI=1S/C30H27F5N4OS/c31-24-10-8-21(9-11-24)17-37(18-22-4-3-5-23(16-22)30(33,34)35)19-28-36-26(20-41-28)29(40)39-14-12-38(13-15-39)27-7-2-1-6-25(27)32/h1-11,16,20H,12-15,17-19H2. The van der Waals surface area contributed by atoms with Crippen molar-refractivity contribution in [2.24, 2.45) is 0 Å². The molecule has 0 N–H and O–H groups in total. The highest BCUT2D eigenvalue weighted by Gasteiger charge is 2.30. The second-order valence-corrected chi connectivity index (χ2v) is 10.8. The molecule has 2 heterocycles. The van der Waals surface area contributed by atoms with Crippen molar-refractivity contribution in [2.45, 2.75) is 25.8 Å². The van der Waals surface area contributed by atoms with Crippen molar-refractivity contribution in [1.82, 2.24) is 14.8 Å². The maximum absolute atomic E-state index is 14.2. The summed E-state index contributed by atoms with van der Waals surface area (Å²) in [6, 6.07) is 17.6. The molecular formula is C30H27F5N4OS. The summed E-state index contributed by atoms with van der Waals surface area (Å²) in [5.74, 6) is -0.897. The molecule has 41 heavy (non-hydrogen) atoms. The second-order valence-electron chi connectivity index (χ2n) is 9.83. The normalized spacial score (nSPS) is 14.1. The Bertz CT molecular complexity index is 1480. The van der Waals surface area contributed by atoms with Crippen LogP contribution in [-0.4, -0.2) is 46.9 Å². The van der Waals surface area contributed by atoms with Gasteiger partial charge in [-0.05, 0) is 41.5 Å². The number of hydrogen-bond donors (Lipinski definition) is 0. The topological polar surface area (TPSA) is 39.7 Å². The third-order valence-corrected chi connectivity index (χ3v) is 7.70. The number of carbonyl (C=O) groups is 1. The molecule has 11 heteroatoms. The van der Waals surface area contributed by atoms with Gasteiger partial charge in [-0.2, -0.15) is 13.2 Å². The van der Waals surface area contributed by atoms with E-state index in [0.29, 0.717) is 54.7 Å². The molecule has 1 amide bonds. The maximum Gasteiger partial charge on any atom is 0.416 e. The molecule has 1 aromatic heterocycles. The predicted octanol–water partition coefficient (Wildman–Crippen LogP) is 6.60. The summed E-state index contributed by atoms with van der Waals surface area (Å²) < 4.78 is 67.5. The van der Waals surface area contributed by atoms with Crippen LogP contribution in [-0.2, 0) is 25.8 Å². The van der Waals surface area contributed by atoms with Crippen LogP contribution in [0, 0.1) is 11.6 Å². The molecule has 0 aliphatic carbocycles. The molecule has 0 saturated carbocycles. The summed E-state index contributed by atoms with van der Waals surface area (Å²) in [6.45, 7) is 2.66. The Kier molecular flexibility index (Phi) is 8.65. The average Bonchev–Trinajstić information content (AvgIpc) is 3.42. The van der Waals surface area contributed by atoms with Crippen LogP contribution in [0.15, 0.2) is 78.2 Å². The number of aromatic nitrogens is 1. The molecule has 5 nitrogen and oxygen atoms in total. The van der Waals surface area contributed by atoms with Gasteiger partial charge in [0.2, 0.25) is 0 Å². The molecule has 0 spiro atoms. The first-order valence-electron chi connectivity index (χ1n) is 13.0. The second kappa shape index (κ2) is 12.4. The molecule has 1 saturated heterocycles. The summed E-state index contributed by atoms with van der Waals surface area (Å²) in [5.41, 5.74) is 1.35. The van der Waals surface area contributed by atoms with Gasteiger partial charge in [0.05, 0.1) is 17.8 Å². The Morgan fingerprint density at radius 3 is 2.27 bits per heavy atom. The number of hydrogen-bond acceptors (Lipinski definition) is 5. The van der Waals surface area contributed by atoms with Crippen molar-refractivity contribution in [1.29, 1.82) is 0 Å². The molecule has 1 aliphatic heterocycles. The monoisotopic (exact) mass is 586 g/mol. The lowest BCUT2D eigenvalue weighted by molar-refractivity contribution is -0.137. The van der Waals surface area contributed by atoms with Gasteiger partial charge in [-0.25, -0.2) is 13.8 Å². The summed E-state index contributed by atoms with van der Waals surface area (Å²) in [7, 11) is 0. The van der Waals surface area contributed by atoms with Crippen LogP contribution in [0.4, 0.5) is 27.6 Å². The molecule has 5 rings (SSSR count). The number of carbonyl (C=O) groups excluding carboxylic acids is 1. The van der Waals surface area contributed by atoms with Gasteiger partial charge in [0, 0.05) is 44.6 Å². The first-order chi connectivity index (χ1) is 19.7. The highest BCUT2D eigenvalue weighted by atomic mass is 32.1. The first kappa shape index (κ1) is 28.7. The smallest absolute Gasteiger partial charge is 0.366 e. The van der Waals surface area contributed by atoms with E-state index in [1.165, 1.54) is 35.6 Å². The highest BCUT2D eigenvalue weighted by molar-refractivity contribution is 7.09. The van der Waals surface area contributed by atoms with Crippen LogP contribution in [0.5, 0.6) is 0 Å². The number of thiazole rings is 1. The predicted molar refractivity (Wildman–Crippen MR) is 147 cm³/mol. The van der Waals surface area contributed by atoms with Crippen LogP contribution < -0.4 is 4.90 Å². The molecule has 4 aromatic rings. The summed E-state index contributed by atoms with van der Waals surface area (Å²) in [6.07, 6.45) is -4.46. The zero-order chi connectivity index (χ0) is 29.0. The largest absolute Gasteiger partial charge is 0.416 e. The Morgan fingerprint density at radius 1 is 0.854 bits per heavy atom. The van der Waals surface area contributed by atoms with E-state index in [1.54, 1.807) is 46.7 Å². The fraction of sp³-hybridized carbons (Fsp3) is 0.267. The molecule has 3 aromatic carbocycles. The molecule has 0 unspecified atom stereocenters. The van der Waals surface area contributed by atoms with Gasteiger partial charge in [0.15, 0.2) is 0 Å². The minimum atomic E-state index is -4.46. The van der Waals surface area contributed by atoms with Crippen LogP contribution in [0.3, 0.4) is 0 Å². The molecular weight excluding hydrogens is 559 g/mol. The molecule has 0 bridgehead atoms. The molecule has 0 radical (unpaired) electrons. The highest BCUT2D eigenvalue weighted by Crippen LogP contribution is 2.30. The van der Waals surface area contributed by atoms with Crippen LogP contribution in [0.2, 0.25) is 0 Å². The van der Waals surface area contributed by atoms with E-state index in [4.69, 9.17) is 0 Å². The van der Waals surface area contributed by atoms with E-state index >= 15 is 0 Å². The van der Waals surface area contributed by atoms with E-state index in [-0.39, 0.29) is 30.6 Å².